The topological polar surface area (TPSA) is 103 Å². The Hall–Kier alpha value is -4.54. The number of carbonyl (C=O) groups excluding carboxylic acids is 1. The summed E-state index contributed by atoms with van der Waals surface area (Å²) in [5, 5.41) is 16.5. The van der Waals surface area contributed by atoms with Gasteiger partial charge in [0.25, 0.3) is 0 Å². The van der Waals surface area contributed by atoms with E-state index >= 15 is 0 Å². The van der Waals surface area contributed by atoms with Crippen LogP contribution in [0, 0.1) is 6.92 Å². The van der Waals surface area contributed by atoms with Crippen molar-refractivity contribution in [1.82, 2.24) is 34.9 Å². The molecule has 0 saturated carbocycles. The van der Waals surface area contributed by atoms with Gasteiger partial charge >= 0.3 is 0 Å². The number of aromatic nitrogens is 5. The van der Waals surface area contributed by atoms with Gasteiger partial charge in [-0.3, -0.25) is 14.4 Å². The molecular formula is C32H35N7O3. The normalized spacial score (nSPS) is 17.1. The van der Waals surface area contributed by atoms with Crippen LogP contribution in [0.15, 0.2) is 84.0 Å². The highest BCUT2D eigenvalue weighted by Gasteiger charge is 2.35. The fraction of sp³-hybridized carbons (Fsp3) is 0.312. The molecule has 0 bridgehead atoms. The summed E-state index contributed by atoms with van der Waals surface area (Å²) in [7, 11) is 3.60. The molecule has 216 valence electrons. The van der Waals surface area contributed by atoms with Crippen molar-refractivity contribution in [2.24, 2.45) is 7.05 Å². The molecule has 3 aromatic heterocycles. The van der Waals surface area contributed by atoms with Crippen molar-refractivity contribution >= 4 is 5.91 Å². The van der Waals surface area contributed by atoms with Crippen LogP contribution in [0.5, 0.6) is 0 Å². The minimum Gasteiger partial charge on any atom is -0.383 e. The summed E-state index contributed by atoms with van der Waals surface area (Å²) in [6.07, 6.45) is 7.32. The van der Waals surface area contributed by atoms with Gasteiger partial charge in [-0.1, -0.05) is 47.6 Å². The summed E-state index contributed by atoms with van der Waals surface area (Å²) in [6.45, 7) is 5.04. The lowest BCUT2D eigenvalue weighted by atomic mass is 9.92. The van der Waals surface area contributed by atoms with E-state index in [-0.39, 0.29) is 24.3 Å². The maximum absolute atomic E-state index is 13.8. The van der Waals surface area contributed by atoms with Gasteiger partial charge in [0.15, 0.2) is 0 Å². The third-order valence-corrected chi connectivity index (χ3v) is 7.98. The zero-order valence-corrected chi connectivity index (χ0v) is 24.1. The lowest BCUT2D eigenvalue weighted by Gasteiger charge is -2.21. The molecule has 42 heavy (non-hydrogen) atoms. The van der Waals surface area contributed by atoms with E-state index in [0.717, 1.165) is 59.0 Å². The van der Waals surface area contributed by atoms with Crippen LogP contribution in [-0.2, 0) is 23.0 Å². The molecule has 1 aliphatic rings. The van der Waals surface area contributed by atoms with E-state index in [1.54, 1.807) is 30.4 Å². The number of methoxy groups -OCH3 is 1. The molecule has 1 aliphatic heterocycles. The number of rotatable bonds is 10. The zero-order valence-electron chi connectivity index (χ0n) is 24.1. The second-order valence-electron chi connectivity index (χ2n) is 10.8. The molecule has 2 aromatic carbocycles. The van der Waals surface area contributed by atoms with Crippen LogP contribution in [-0.4, -0.2) is 74.9 Å². The Kier molecular flexibility index (Phi) is 7.98. The van der Waals surface area contributed by atoms with E-state index in [1.165, 1.54) is 5.56 Å². The highest BCUT2D eigenvalue weighted by atomic mass is 16.5. The quantitative estimate of drug-likeness (QED) is 0.273. The number of aryl methyl sites for hydroxylation is 1. The molecule has 0 radical (unpaired) electrons. The average molecular weight is 566 g/mol. The third-order valence-electron chi connectivity index (χ3n) is 7.98. The summed E-state index contributed by atoms with van der Waals surface area (Å²) in [6, 6.07) is 18.3. The monoisotopic (exact) mass is 565 g/mol. The van der Waals surface area contributed by atoms with Crippen molar-refractivity contribution in [1.29, 1.82) is 0 Å². The van der Waals surface area contributed by atoms with Crippen molar-refractivity contribution < 1.29 is 14.1 Å². The molecule has 5 aromatic rings. The molecular weight excluding hydrogens is 530 g/mol. The van der Waals surface area contributed by atoms with Crippen LogP contribution in [0.2, 0.25) is 0 Å². The van der Waals surface area contributed by atoms with Crippen LogP contribution < -0.4 is 5.32 Å². The molecule has 6 rings (SSSR count). The standard InChI is InChI=1S/C32H35N7O3/c1-22-30(39(27-10-5-4-6-11-27)36-32(22)25-16-33-37(2)18-25)15-31(40)35-29-20-38(12-13-41-3)19-28(29)24-9-7-8-23(14-24)26-17-34-42-21-26/h4-11,14,16-18,21,28-29H,12-13,15,19-20H2,1-3H3,(H,35,40)/t28-,29+/m0/s1. The molecule has 1 fully saturated rings. The van der Waals surface area contributed by atoms with Crippen LogP contribution in [0.4, 0.5) is 0 Å². The molecule has 0 spiro atoms. The number of benzene rings is 2. The Balaban J connectivity index is 1.27. The predicted octanol–water partition coefficient (Wildman–Crippen LogP) is 4.01. The Morgan fingerprint density at radius 1 is 1.07 bits per heavy atom. The minimum absolute atomic E-state index is 0.0355. The summed E-state index contributed by atoms with van der Waals surface area (Å²) < 4.78 is 14.1. The maximum Gasteiger partial charge on any atom is 0.226 e. The SMILES string of the molecule is COCCN1C[C@@H](NC(=O)Cc2c(C)c(-c3cnn(C)c3)nn2-c2ccccc2)[C@H](c2cccc(-c3cnoc3)c2)C1. The van der Waals surface area contributed by atoms with Gasteiger partial charge < -0.3 is 14.6 Å². The molecule has 1 saturated heterocycles. The first-order chi connectivity index (χ1) is 20.5. The molecule has 0 aliphatic carbocycles. The highest BCUT2D eigenvalue weighted by Crippen LogP contribution is 2.32. The lowest BCUT2D eigenvalue weighted by Crippen LogP contribution is -2.41. The molecule has 10 heteroatoms. The van der Waals surface area contributed by atoms with E-state index in [2.05, 4.69) is 44.7 Å². The molecule has 1 N–H and O–H groups in total. The lowest BCUT2D eigenvalue weighted by molar-refractivity contribution is -0.121. The fourth-order valence-corrected chi connectivity index (χ4v) is 5.82. The van der Waals surface area contributed by atoms with E-state index < -0.39 is 0 Å². The summed E-state index contributed by atoms with van der Waals surface area (Å²) in [5.41, 5.74) is 7.62. The average Bonchev–Trinajstić information content (AvgIpc) is 3.81. The largest absolute Gasteiger partial charge is 0.383 e. The van der Waals surface area contributed by atoms with E-state index in [9.17, 15) is 4.79 Å². The van der Waals surface area contributed by atoms with E-state index in [0.29, 0.717) is 6.61 Å². The smallest absolute Gasteiger partial charge is 0.226 e. The first-order valence-electron chi connectivity index (χ1n) is 14.1. The van der Waals surface area contributed by atoms with Crippen molar-refractivity contribution in [2.75, 3.05) is 33.4 Å². The van der Waals surface area contributed by atoms with E-state index in [4.69, 9.17) is 14.4 Å². The fourth-order valence-electron chi connectivity index (χ4n) is 5.82. The van der Waals surface area contributed by atoms with E-state index in [1.807, 2.05) is 55.2 Å². The predicted molar refractivity (Wildman–Crippen MR) is 159 cm³/mol. The molecule has 1 amide bonds. The van der Waals surface area contributed by atoms with Gasteiger partial charge in [0, 0.05) is 63.1 Å². The van der Waals surface area contributed by atoms with Crippen molar-refractivity contribution in [3.8, 4) is 28.1 Å². The minimum atomic E-state index is -0.0572. The molecule has 0 unspecified atom stereocenters. The molecule has 10 nitrogen and oxygen atoms in total. The third kappa shape index (κ3) is 5.77. The van der Waals surface area contributed by atoms with Crippen LogP contribution >= 0.6 is 0 Å². The van der Waals surface area contributed by atoms with Gasteiger partial charge in [-0.2, -0.15) is 10.2 Å². The van der Waals surface area contributed by atoms with Crippen molar-refractivity contribution in [3.63, 3.8) is 0 Å². The van der Waals surface area contributed by atoms with Gasteiger partial charge in [-0.15, -0.1) is 0 Å². The van der Waals surface area contributed by atoms with Crippen molar-refractivity contribution in [3.05, 3.63) is 96.3 Å². The van der Waals surface area contributed by atoms with Gasteiger partial charge in [-0.05, 0) is 35.7 Å². The van der Waals surface area contributed by atoms with Crippen molar-refractivity contribution in [2.45, 2.75) is 25.3 Å². The number of amides is 1. The Labute approximate surface area is 244 Å². The number of carbonyl (C=O) groups is 1. The van der Waals surface area contributed by atoms with Crippen LogP contribution in [0.25, 0.3) is 28.1 Å². The summed E-state index contributed by atoms with van der Waals surface area (Å²) in [4.78, 5) is 16.1. The maximum atomic E-state index is 13.8. The number of para-hydroxylation sites is 1. The first-order valence-corrected chi connectivity index (χ1v) is 14.1. The second-order valence-corrected chi connectivity index (χ2v) is 10.8. The van der Waals surface area contributed by atoms with Gasteiger partial charge in [0.1, 0.15) is 6.26 Å². The number of likely N-dealkylation sites (tertiary alicyclic amines) is 1. The zero-order chi connectivity index (χ0) is 29.1. The highest BCUT2D eigenvalue weighted by molar-refractivity contribution is 5.80. The Morgan fingerprint density at radius 3 is 2.67 bits per heavy atom. The second kappa shape index (κ2) is 12.1. The van der Waals surface area contributed by atoms with Gasteiger partial charge in [0.05, 0.1) is 42.5 Å². The number of hydrogen-bond acceptors (Lipinski definition) is 7. The molecule has 4 heterocycles. The van der Waals surface area contributed by atoms with Crippen LogP contribution in [0.1, 0.15) is 22.7 Å². The Bertz CT molecular complexity index is 1640. The number of nitrogens with one attached hydrogen (secondary N) is 1. The first kappa shape index (κ1) is 27.6. The van der Waals surface area contributed by atoms with Gasteiger partial charge in [-0.25, -0.2) is 4.68 Å². The molecule has 2 atom stereocenters. The number of hydrogen-bond donors (Lipinski definition) is 1. The number of ether oxygens (including phenoxy) is 1. The Morgan fingerprint density at radius 2 is 1.93 bits per heavy atom. The van der Waals surface area contributed by atoms with Crippen LogP contribution in [0.3, 0.4) is 0 Å². The number of nitrogens with zero attached hydrogens (tertiary/aromatic N) is 6. The summed E-state index contributed by atoms with van der Waals surface area (Å²) >= 11 is 0. The van der Waals surface area contributed by atoms with Gasteiger partial charge in [0.2, 0.25) is 5.91 Å². The summed E-state index contributed by atoms with van der Waals surface area (Å²) in [5.74, 6) is 0.0865.